The summed E-state index contributed by atoms with van der Waals surface area (Å²) in [5.41, 5.74) is 2.08. The van der Waals surface area contributed by atoms with Gasteiger partial charge in [-0.3, -0.25) is 4.79 Å². The van der Waals surface area contributed by atoms with E-state index in [4.69, 9.17) is 5.11 Å². The van der Waals surface area contributed by atoms with Crippen molar-refractivity contribution in [3.05, 3.63) is 60.7 Å². The summed E-state index contributed by atoms with van der Waals surface area (Å²) in [6.45, 7) is 2.27. The van der Waals surface area contributed by atoms with Crippen LogP contribution in [0.3, 0.4) is 0 Å². The smallest absolute Gasteiger partial charge is 0.481 e. The normalized spacial score (nSPS) is 10.0. The SMILES string of the molecule is CCCCCCCCCCCCCCCCCC(=O)O.[Na+].[c-]1ccccc1Nc1ccccc1. The first-order chi connectivity index (χ1) is 16.2. The van der Waals surface area contributed by atoms with Crippen LogP contribution < -0.4 is 34.9 Å². The maximum absolute atomic E-state index is 10.3. The maximum Gasteiger partial charge on any atom is 1.00 e. The molecular weight excluding hydrogens is 429 g/mol. The maximum atomic E-state index is 10.3. The van der Waals surface area contributed by atoms with E-state index in [1.807, 2.05) is 54.6 Å². The Bertz CT molecular complexity index is 641. The number of hydrogen-bond acceptors (Lipinski definition) is 2. The predicted molar refractivity (Wildman–Crippen MR) is 142 cm³/mol. The van der Waals surface area contributed by atoms with Crippen LogP contribution in [-0.2, 0) is 4.79 Å². The van der Waals surface area contributed by atoms with Crippen LogP contribution in [0, 0.1) is 6.07 Å². The first kappa shape index (κ1) is 32.7. The number of aliphatic carboxylic acids is 1. The molecule has 34 heavy (non-hydrogen) atoms. The third kappa shape index (κ3) is 21.3. The number of carbonyl (C=O) groups is 1. The minimum Gasteiger partial charge on any atom is -0.481 e. The Balaban J connectivity index is 0.000000668. The third-order valence-electron chi connectivity index (χ3n) is 5.76. The summed E-state index contributed by atoms with van der Waals surface area (Å²) in [6, 6.07) is 21.0. The van der Waals surface area contributed by atoms with Crippen LogP contribution in [0.4, 0.5) is 11.4 Å². The molecule has 4 heteroatoms. The number of benzene rings is 2. The zero-order chi connectivity index (χ0) is 23.8. The third-order valence-corrected chi connectivity index (χ3v) is 5.76. The van der Waals surface area contributed by atoms with Gasteiger partial charge in [-0.2, -0.15) is 24.3 Å². The number of unbranched alkanes of at least 4 members (excludes halogenated alkanes) is 14. The van der Waals surface area contributed by atoms with Gasteiger partial charge in [0.25, 0.3) is 0 Å². The number of nitrogens with one attached hydrogen (secondary N) is 1. The standard InChI is InChI=1S/C18H36O2.C12H10N.Na/c1-2-3-4-5-6-7-8-9-10-11-12-13-14-15-16-17-18(19)20;1-3-7-11(8-4-1)13-12-9-5-2-6-10-12;/h2-17H2,1H3,(H,19,20);1-9,13H;/q;-1;+1. The Hall–Kier alpha value is -1.29. The van der Waals surface area contributed by atoms with Gasteiger partial charge >= 0.3 is 35.5 Å². The van der Waals surface area contributed by atoms with Gasteiger partial charge < -0.3 is 10.4 Å². The molecule has 0 aliphatic heterocycles. The van der Waals surface area contributed by atoms with Crippen molar-refractivity contribution in [3.8, 4) is 0 Å². The molecule has 0 aromatic heterocycles. The second-order valence-electron chi connectivity index (χ2n) is 8.86. The Morgan fingerprint density at radius 2 is 1.18 bits per heavy atom. The van der Waals surface area contributed by atoms with Crippen molar-refractivity contribution in [2.45, 2.75) is 110 Å². The first-order valence-electron chi connectivity index (χ1n) is 13.2. The van der Waals surface area contributed by atoms with Crippen molar-refractivity contribution in [2.24, 2.45) is 0 Å². The van der Waals surface area contributed by atoms with Crippen molar-refractivity contribution >= 4 is 17.3 Å². The Morgan fingerprint density at radius 1 is 0.706 bits per heavy atom. The van der Waals surface area contributed by atoms with Crippen LogP contribution in [-0.4, -0.2) is 11.1 Å². The van der Waals surface area contributed by atoms with Gasteiger partial charge in [-0.05, 0) is 18.6 Å². The van der Waals surface area contributed by atoms with Crippen LogP contribution in [0.25, 0.3) is 0 Å². The van der Waals surface area contributed by atoms with Gasteiger partial charge in [0, 0.05) is 12.1 Å². The van der Waals surface area contributed by atoms with Crippen LogP contribution >= 0.6 is 0 Å². The molecule has 2 aromatic rings. The summed E-state index contributed by atoms with van der Waals surface area (Å²) in [7, 11) is 0. The Kier molecular flexibility index (Phi) is 23.9. The Labute approximate surface area is 231 Å². The van der Waals surface area contributed by atoms with Gasteiger partial charge in [0.05, 0.1) is 0 Å². The fraction of sp³-hybridized carbons (Fsp3) is 0.567. The second kappa shape index (κ2) is 24.8. The molecule has 0 spiro atoms. The molecule has 0 heterocycles. The van der Waals surface area contributed by atoms with E-state index in [1.54, 1.807) is 0 Å². The molecular formula is C30H46NNaO2. The summed E-state index contributed by atoms with van der Waals surface area (Å²) >= 11 is 0. The molecule has 0 fully saturated rings. The molecule has 0 aliphatic carbocycles. The number of hydrogen-bond donors (Lipinski definition) is 2. The van der Waals surface area contributed by atoms with Crippen LogP contribution in [0.5, 0.6) is 0 Å². The Morgan fingerprint density at radius 3 is 1.62 bits per heavy atom. The molecule has 3 nitrogen and oxygen atoms in total. The number of carboxylic acids is 1. The first-order valence-corrected chi connectivity index (χ1v) is 13.2. The van der Waals surface area contributed by atoms with E-state index in [1.165, 1.54) is 83.5 Å². The molecule has 0 radical (unpaired) electrons. The van der Waals surface area contributed by atoms with Crippen molar-refractivity contribution in [3.63, 3.8) is 0 Å². The monoisotopic (exact) mass is 475 g/mol. The van der Waals surface area contributed by atoms with E-state index < -0.39 is 5.97 Å². The molecule has 0 saturated heterocycles. The summed E-state index contributed by atoms with van der Waals surface area (Å²) in [5, 5.41) is 11.8. The van der Waals surface area contributed by atoms with E-state index in [0.717, 1.165) is 24.2 Å². The largest absolute Gasteiger partial charge is 1.00 e. The summed E-state index contributed by atoms with van der Waals surface area (Å²) in [5.74, 6) is -0.653. The van der Waals surface area contributed by atoms with Crippen molar-refractivity contribution < 1.29 is 39.5 Å². The van der Waals surface area contributed by atoms with Crippen molar-refractivity contribution in [1.29, 1.82) is 0 Å². The zero-order valence-corrected chi connectivity index (χ0v) is 23.9. The zero-order valence-electron chi connectivity index (χ0n) is 21.9. The minimum absolute atomic E-state index is 0. The molecule has 0 saturated carbocycles. The fourth-order valence-corrected chi connectivity index (χ4v) is 3.80. The van der Waals surface area contributed by atoms with Crippen molar-refractivity contribution in [2.75, 3.05) is 5.32 Å². The molecule has 0 aliphatic rings. The second-order valence-corrected chi connectivity index (χ2v) is 8.86. The summed E-state index contributed by atoms with van der Waals surface area (Å²) in [6.07, 6.45) is 20.2. The average molecular weight is 476 g/mol. The van der Waals surface area contributed by atoms with E-state index >= 15 is 0 Å². The van der Waals surface area contributed by atoms with E-state index in [0.29, 0.717) is 6.42 Å². The van der Waals surface area contributed by atoms with Crippen molar-refractivity contribution in [1.82, 2.24) is 0 Å². The predicted octanol–water partition coefficient (Wildman–Crippen LogP) is 6.57. The minimum atomic E-state index is -0.653. The summed E-state index contributed by atoms with van der Waals surface area (Å²) < 4.78 is 0. The number of para-hydroxylation sites is 2. The fourth-order valence-electron chi connectivity index (χ4n) is 3.80. The van der Waals surface area contributed by atoms with Gasteiger partial charge in [-0.15, -0.1) is 6.07 Å². The molecule has 2 N–H and O–H groups in total. The molecule has 0 bridgehead atoms. The van der Waals surface area contributed by atoms with Gasteiger partial charge in [0.1, 0.15) is 0 Å². The van der Waals surface area contributed by atoms with Crippen LogP contribution in [0.1, 0.15) is 110 Å². The quantitative estimate of drug-likeness (QED) is 0.146. The molecule has 2 rings (SSSR count). The number of anilines is 2. The van der Waals surface area contributed by atoms with Crippen LogP contribution in [0.2, 0.25) is 0 Å². The van der Waals surface area contributed by atoms with Gasteiger partial charge in [-0.1, -0.05) is 121 Å². The molecule has 0 unspecified atom stereocenters. The van der Waals surface area contributed by atoms with Gasteiger partial charge in [0.2, 0.25) is 0 Å². The molecule has 2 aromatic carbocycles. The van der Waals surface area contributed by atoms with Gasteiger partial charge in [-0.25, -0.2) is 0 Å². The molecule has 184 valence electrons. The average Bonchev–Trinajstić information content (AvgIpc) is 2.83. The van der Waals surface area contributed by atoms with E-state index in [-0.39, 0.29) is 29.6 Å². The molecule has 0 amide bonds. The molecule has 0 atom stereocenters. The summed E-state index contributed by atoms with van der Waals surface area (Å²) in [4.78, 5) is 10.3. The van der Waals surface area contributed by atoms with Crippen LogP contribution in [0.15, 0.2) is 54.6 Å². The van der Waals surface area contributed by atoms with E-state index in [9.17, 15) is 4.79 Å². The number of carboxylic acid groups (broad SMARTS) is 1. The topological polar surface area (TPSA) is 49.3 Å². The number of rotatable bonds is 18. The van der Waals surface area contributed by atoms with E-state index in [2.05, 4.69) is 18.3 Å². The van der Waals surface area contributed by atoms with Gasteiger partial charge in [0.15, 0.2) is 0 Å².